The first-order valence-electron chi connectivity index (χ1n) is 23.0. The van der Waals surface area contributed by atoms with Crippen molar-refractivity contribution in [3.05, 3.63) is 77.1 Å². The highest BCUT2D eigenvalue weighted by molar-refractivity contribution is 5.87. The number of nitrogens with zero attached hydrogens (tertiary/aromatic N) is 8. The molecule has 4 amide bonds. The van der Waals surface area contributed by atoms with Crippen molar-refractivity contribution in [1.82, 2.24) is 49.9 Å². The summed E-state index contributed by atoms with van der Waals surface area (Å²) in [7, 11) is 2.74. The van der Waals surface area contributed by atoms with Crippen molar-refractivity contribution in [2.75, 3.05) is 32.1 Å². The number of fused-ring (bicyclic) bond motifs is 2. The lowest BCUT2D eigenvalue weighted by molar-refractivity contribution is -0.138. The number of imidazole rings is 2. The first-order chi connectivity index (χ1) is 30.9. The number of hydrogen-bond donors (Lipinski definition) is 4. The number of rotatable bonds is 11. The highest BCUT2D eigenvalue weighted by atomic mass is 16.5. The van der Waals surface area contributed by atoms with Crippen molar-refractivity contribution >= 4 is 52.0 Å². The zero-order valence-electron chi connectivity index (χ0n) is 39.0. The van der Waals surface area contributed by atoms with Crippen LogP contribution in [0.5, 0.6) is 0 Å². The second-order valence-corrected chi connectivity index (χ2v) is 19.7. The van der Waals surface area contributed by atoms with Crippen LogP contribution >= 0.6 is 0 Å². The van der Waals surface area contributed by atoms with Crippen LogP contribution in [-0.2, 0) is 19.7 Å². The highest BCUT2D eigenvalue weighted by Crippen LogP contribution is 2.48. The van der Waals surface area contributed by atoms with Crippen molar-refractivity contribution in [3.63, 3.8) is 0 Å². The van der Waals surface area contributed by atoms with E-state index in [9.17, 15) is 24.3 Å². The lowest BCUT2D eigenvalue weighted by Crippen LogP contribution is -2.51. The Kier molecular flexibility index (Phi) is 12.5. The number of carbonyl (C=O) groups is 4. The fraction of sp³-hybridized carbons (Fsp3) is 0.542. The molecule has 4 N–H and O–H groups in total. The largest absolute Gasteiger partial charge is 0.465 e. The normalized spacial score (nSPS) is 21.2. The maximum absolute atomic E-state index is 13.9. The Balaban J connectivity index is 1.09. The van der Waals surface area contributed by atoms with Gasteiger partial charge in [-0.3, -0.25) is 14.5 Å². The lowest BCUT2D eigenvalue weighted by Gasteiger charge is -2.33. The molecule has 1 aromatic carbocycles. The molecule has 17 heteroatoms. The Labute approximate surface area is 379 Å². The Hall–Kier alpha value is -6.26. The number of methoxy groups -OCH3 is 1. The molecule has 0 spiro atoms. The summed E-state index contributed by atoms with van der Waals surface area (Å²) >= 11 is 0. The molecule has 0 saturated carbocycles. The van der Waals surface area contributed by atoms with Crippen LogP contribution < -0.4 is 10.2 Å². The topological polar surface area (TPSA) is 206 Å². The Bertz CT molecular complexity index is 2560. The molecule has 0 radical (unpaired) electrons. The van der Waals surface area contributed by atoms with E-state index in [2.05, 4.69) is 77.4 Å². The third kappa shape index (κ3) is 8.80. The molecule has 17 nitrogen and oxygen atoms in total. The zero-order valence-corrected chi connectivity index (χ0v) is 39.0. The van der Waals surface area contributed by atoms with Gasteiger partial charge in [0.05, 0.1) is 42.3 Å². The molecule has 2 unspecified atom stereocenters. The molecular weight excluding hydrogens is 827 g/mol. The van der Waals surface area contributed by atoms with Crippen LogP contribution in [0.1, 0.15) is 139 Å². The van der Waals surface area contributed by atoms with Crippen LogP contribution in [0, 0.1) is 11.8 Å². The number of likely N-dealkylation sites (tertiary alicyclic amines) is 2. The van der Waals surface area contributed by atoms with Gasteiger partial charge in [0.1, 0.15) is 23.7 Å². The minimum atomic E-state index is -1.14. The van der Waals surface area contributed by atoms with Gasteiger partial charge in [0.2, 0.25) is 11.8 Å². The first-order valence-corrected chi connectivity index (χ1v) is 23.0. The molecule has 8 rings (SSSR count). The maximum Gasteiger partial charge on any atom is 0.407 e. The standard InChI is InChI=1S/C48H63N11O6/c1-26(2)38(53-46(62)65-9)44(60)57-20-10-12-36(57)42-51-32-22-28(24-49-40(32)54-42)34-18-19-35(59(34)31-16-14-30(15-17-31)48(5,6)7)29-23-33-41(50-25-29)55-43(52-33)37-13-11-21-58(37)45(61)39(27(3)4)56(8)47(63)64/h14-17,22-27,34-39H,10-13,18-21H2,1-9H3,(H,53,62)(H,63,64)(H,49,51,54)(H,50,52,55)/t34?,35?,36-,37-,38-,39-/m0/s1. The van der Waals surface area contributed by atoms with E-state index in [1.54, 1.807) is 4.90 Å². The van der Waals surface area contributed by atoms with E-state index in [1.165, 1.54) is 19.7 Å². The minimum Gasteiger partial charge on any atom is -0.465 e. The number of aromatic nitrogens is 6. The number of hydrogen-bond acceptors (Lipinski definition) is 10. The number of pyridine rings is 2. The van der Waals surface area contributed by atoms with Gasteiger partial charge < -0.3 is 39.8 Å². The number of benzene rings is 1. The minimum absolute atomic E-state index is 0.0165. The molecule has 3 fully saturated rings. The number of alkyl carbamates (subject to hydrolysis) is 1. The number of likely N-dealkylation sites (N-methyl/N-ethyl adjacent to an activating group) is 1. The molecule has 3 saturated heterocycles. The van der Waals surface area contributed by atoms with Crippen LogP contribution in [0.4, 0.5) is 15.3 Å². The average molecular weight is 890 g/mol. The van der Waals surface area contributed by atoms with Crippen molar-refractivity contribution in [2.45, 2.75) is 129 Å². The summed E-state index contributed by atoms with van der Waals surface area (Å²) in [4.78, 5) is 85.6. The van der Waals surface area contributed by atoms with Gasteiger partial charge in [-0.25, -0.2) is 29.5 Å². The van der Waals surface area contributed by atoms with Gasteiger partial charge in [-0.2, -0.15) is 0 Å². The fourth-order valence-electron chi connectivity index (χ4n) is 10.2. The van der Waals surface area contributed by atoms with Crippen LogP contribution in [0.2, 0.25) is 0 Å². The second-order valence-electron chi connectivity index (χ2n) is 19.7. The van der Waals surface area contributed by atoms with Gasteiger partial charge in [-0.1, -0.05) is 60.6 Å². The summed E-state index contributed by atoms with van der Waals surface area (Å²) in [6.07, 6.45) is 6.79. The molecular formula is C48H63N11O6. The van der Waals surface area contributed by atoms with Gasteiger partial charge in [0.25, 0.3) is 0 Å². The fourth-order valence-corrected chi connectivity index (χ4v) is 10.2. The monoisotopic (exact) mass is 889 g/mol. The Morgan fingerprint density at radius 1 is 0.769 bits per heavy atom. The smallest absolute Gasteiger partial charge is 0.407 e. The highest BCUT2D eigenvalue weighted by Gasteiger charge is 2.42. The van der Waals surface area contributed by atoms with E-state index >= 15 is 0 Å². The number of H-pyrrole nitrogens is 2. The molecule has 4 aromatic heterocycles. The average Bonchev–Trinajstić information content (AvgIpc) is 4.12. The van der Waals surface area contributed by atoms with E-state index in [4.69, 9.17) is 24.7 Å². The molecule has 65 heavy (non-hydrogen) atoms. The second kappa shape index (κ2) is 18.0. The first kappa shape index (κ1) is 45.3. The molecule has 6 atom stereocenters. The zero-order chi connectivity index (χ0) is 46.5. The summed E-state index contributed by atoms with van der Waals surface area (Å²) in [5, 5.41) is 12.5. The third-order valence-corrected chi connectivity index (χ3v) is 13.6. The van der Waals surface area contributed by atoms with E-state index in [0.29, 0.717) is 42.5 Å². The van der Waals surface area contributed by atoms with E-state index < -0.39 is 24.3 Å². The number of amides is 4. The summed E-state index contributed by atoms with van der Waals surface area (Å²) in [5.74, 6) is 0.596. The van der Waals surface area contributed by atoms with Gasteiger partial charge in [0, 0.05) is 38.2 Å². The van der Waals surface area contributed by atoms with Crippen molar-refractivity contribution in [1.29, 1.82) is 0 Å². The van der Waals surface area contributed by atoms with Crippen molar-refractivity contribution < 1.29 is 29.0 Å². The molecule has 3 aliphatic rings. The van der Waals surface area contributed by atoms with Crippen molar-refractivity contribution in [3.8, 4) is 0 Å². The maximum atomic E-state index is 13.9. The van der Waals surface area contributed by atoms with Crippen LogP contribution in [0.25, 0.3) is 22.3 Å². The molecule has 3 aliphatic heterocycles. The summed E-state index contributed by atoms with van der Waals surface area (Å²) in [5.41, 5.74) is 7.07. The Morgan fingerprint density at radius 2 is 1.28 bits per heavy atom. The molecule has 5 aromatic rings. The van der Waals surface area contributed by atoms with Crippen LogP contribution in [0.3, 0.4) is 0 Å². The number of ether oxygens (including phenoxy) is 1. The van der Waals surface area contributed by atoms with Gasteiger partial charge in [0.15, 0.2) is 11.3 Å². The number of carboxylic acid groups (broad SMARTS) is 1. The SMILES string of the molecule is COC(=O)N[C@H](C(=O)N1CCC[C@H]1c1nc2ncc(C3CCC(c4cnc5nc([C@@H]6CCCN6C(=O)[C@H](C(C)C)N(C)C(=O)O)[nH]c5c4)N3c3ccc(C(C)(C)C)cc3)cc2[nH]1)C(C)C. The Morgan fingerprint density at radius 3 is 1.72 bits per heavy atom. The van der Waals surface area contributed by atoms with E-state index in [-0.39, 0.29) is 53.2 Å². The predicted molar refractivity (Wildman–Crippen MR) is 246 cm³/mol. The molecule has 346 valence electrons. The van der Waals surface area contributed by atoms with Crippen molar-refractivity contribution in [2.24, 2.45) is 11.8 Å². The van der Waals surface area contributed by atoms with E-state index in [1.807, 2.05) is 45.0 Å². The van der Waals surface area contributed by atoms with Gasteiger partial charge in [-0.05, 0) is 96.7 Å². The lowest BCUT2D eigenvalue weighted by atomic mass is 9.87. The number of carbonyl (C=O) groups excluding carboxylic acids is 3. The number of nitrogens with one attached hydrogen (secondary N) is 3. The van der Waals surface area contributed by atoms with Crippen LogP contribution in [0.15, 0.2) is 48.8 Å². The predicted octanol–water partition coefficient (Wildman–Crippen LogP) is 7.95. The molecule has 7 heterocycles. The summed E-state index contributed by atoms with van der Waals surface area (Å²) in [6, 6.07) is 10.9. The molecule has 0 aliphatic carbocycles. The van der Waals surface area contributed by atoms with Crippen LogP contribution in [-0.4, -0.2) is 113 Å². The van der Waals surface area contributed by atoms with Gasteiger partial charge >= 0.3 is 12.2 Å². The summed E-state index contributed by atoms with van der Waals surface area (Å²) < 4.78 is 4.82. The third-order valence-electron chi connectivity index (χ3n) is 13.6. The number of anilines is 1. The van der Waals surface area contributed by atoms with E-state index in [0.717, 1.165) is 64.9 Å². The van der Waals surface area contributed by atoms with Gasteiger partial charge in [-0.15, -0.1) is 0 Å². The summed E-state index contributed by atoms with van der Waals surface area (Å²) in [6.45, 7) is 15.3. The quantitative estimate of drug-likeness (QED) is 0.100. The molecule has 0 bridgehead atoms. The number of aromatic amines is 2.